The van der Waals surface area contributed by atoms with E-state index in [1.807, 2.05) is 12.1 Å². The van der Waals surface area contributed by atoms with Crippen LogP contribution in [0.5, 0.6) is 23.0 Å². The number of methoxy groups -OCH3 is 1. The van der Waals surface area contributed by atoms with Crippen LogP contribution in [0.3, 0.4) is 0 Å². The van der Waals surface area contributed by atoms with Crippen molar-refractivity contribution < 1.29 is 43.5 Å². The number of carbonyl (C=O) groups excluding carboxylic acids is 3. The molecule has 2 amide bonds. The van der Waals surface area contributed by atoms with Crippen molar-refractivity contribution in [2.45, 2.75) is 62.8 Å². The molecule has 4 unspecified atom stereocenters. The minimum Gasteiger partial charge on any atom is -0.493 e. The molecule has 228 valence electrons. The van der Waals surface area contributed by atoms with Crippen LogP contribution in [0, 0.1) is 5.92 Å². The first-order chi connectivity index (χ1) is 20.9. The highest BCUT2D eigenvalue weighted by atomic mass is 16.7. The van der Waals surface area contributed by atoms with Gasteiger partial charge in [0.25, 0.3) is 0 Å². The summed E-state index contributed by atoms with van der Waals surface area (Å²) in [6.45, 7) is 0.0455. The number of nitrogens with one attached hydrogen (secondary N) is 1. The third-order valence-corrected chi connectivity index (χ3v) is 8.82. The van der Waals surface area contributed by atoms with Crippen LogP contribution in [0.2, 0.25) is 0 Å². The lowest BCUT2D eigenvalue weighted by atomic mass is 9.77. The summed E-state index contributed by atoms with van der Waals surface area (Å²) in [6.07, 6.45) is 4.63. The zero-order valence-electron chi connectivity index (χ0n) is 24.0. The molecule has 1 fully saturated rings. The molecule has 11 nitrogen and oxygen atoms in total. The minimum absolute atomic E-state index is 0.0215. The molecule has 4 atom stereocenters. The van der Waals surface area contributed by atoms with Gasteiger partial charge >= 0.3 is 0 Å². The maximum atomic E-state index is 14.0. The Morgan fingerprint density at radius 3 is 2.67 bits per heavy atom. The van der Waals surface area contributed by atoms with Gasteiger partial charge in [0.15, 0.2) is 23.0 Å². The number of hydrogen-bond donors (Lipinski definition) is 3. The summed E-state index contributed by atoms with van der Waals surface area (Å²) in [5.41, 5.74) is 1.93. The lowest BCUT2D eigenvalue weighted by Crippen LogP contribution is -2.55. The van der Waals surface area contributed by atoms with Crippen molar-refractivity contribution in [2.24, 2.45) is 5.92 Å². The highest BCUT2D eigenvalue weighted by Gasteiger charge is 2.51. The Morgan fingerprint density at radius 2 is 1.93 bits per heavy atom. The molecule has 0 saturated heterocycles. The second-order valence-corrected chi connectivity index (χ2v) is 11.5. The quantitative estimate of drug-likeness (QED) is 0.355. The zero-order valence-corrected chi connectivity index (χ0v) is 24.0. The van der Waals surface area contributed by atoms with Gasteiger partial charge in [0.2, 0.25) is 18.6 Å². The highest BCUT2D eigenvalue weighted by molar-refractivity contribution is 5.96. The molecule has 11 heteroatoms. The monoisotopic (exact) mass is 592 g/mol. The first-order valence-electron chi connectivity index (χ1n) is 14.7. The van der Waals surface area contributed by atoms with E-state index in [1.165, 1.54) is 7.11 Å². The lowest BCUT2D eigenvalue weighted by Gasteiger charge is -2.41. The zero-order chi connectivity index (χ0) is 30.1. The molecule has 0 aromatic heterocycles. The number of aliphatic hydroxyl groups is 2. The molecule has 0 spiro atoms. The van der Waals surface area contributed by atoms with Crippen molar-refractivity contribution in [3.8, 4) is 23.0 Å². The molecule has 2 aliphatic carbocycles. The van der Waals surface area contributed by atoms with Crippen LogP contribution in [0.15, 0.2) is 42.0 Å². The fourth-order valence-corrected chi connectivity index (χ4v) is 6.73. The first kappa shape index (κ1) is 29.0. The molecule has 6 rings (SSSR count). The van der Waals surface area contributed by atoms with Crippen molar-refractivity contribution in [1.29, 1.82) is 0 Å². The van der Waals surface area contributed by atoms with E-state index >= 15 is 0 Å². The largest absolute Gasteiger partial charge is 0.493 e. The molecular formula is C32H36N2O9. The average molecular weight is 593 g/mol. The van der Waals surface area contributed by atoms with Gasteiger partial charge in [-0.15, -0.1) is 0 Å². The summed E-state index contributed by atoms with van der Waals surface area (Å²) in [7, 11) is 1.45. The molecular weight excluding hydrogens is 556 g/mol. The van der Waals surface area contributed by atoms with Crippen LogP contribution in [0.4, 0.5) is 0 Å². The second-order valence-electron chi connectivity index (χ2n) is 11.5. The van der Waals surface area contributed by atoms with Crippen LogP contribution in [0.1, 0.15) is 59.5 Å². The Morgan fingerprint density at radius 1 is 1.14 bits per heavy atom. The van der Waals surface area contributed by atoms with Gasteiger partial charge < -0.3 is 39.4 Å². The Labute approximate surface area is 249 Å². The number of aldehydes is 1. The van der Waals surface area contributed by atoms with Gasteiger partial charge in [-0.1, -0.05) is 18.9 Å². The van der Waals surface area contributed by atoms with Crippen molar-refractivity contribution in [1.82, 2.24) is 10.2 Å². The van der Waals surface area contributed by atoms with Crippen LogP contribution in [0.25, 0.3) is 0 Å². The summed E-state index contributed by atoms with van der Waals surface area (Å²) in [5, 5.41) is 24.0. The molecule has 2 aliphatic heterocycles. The fourth-order valence-electron chi connectivity index (χ4n) is 6.73. The Kier molecular flexibility index (Phi) is 8.27. The maximum Gasteiger partial charge on any atom is 0.247 e. The predicted molar refractivity (Wildman–Crippen MR) is 153 cm³/mol. The number of fused-ring (bicyclic) bond motifs is 4. The van der Waals surface area contributed by atoms with E-state index in [2.05, 4.69) is 5.32 Å². The van der Waals surface area contributed by atoms with Crippen molar-refractivity contribution in [2.75, 3.05) is 27.1 Å². The molecule has 43 heavy (non-hydrogen) atoms. The van der Waals surface area contributed by atoms with E-state index in [-0.39, 0.29) is 43.9 Å². The van der Waals surface area contributed by atoms with E-state index in [0.29, 0.717) is 46.8 Å². The van der Waals surface area contributed by atoms with E-state index in [4.69, 9.17) is 18.9 Å². The number of amides is 2. The number of hydrogen-bond acceptors (Lipinski definition) is 9. The van der Waals surface area contributed by atoms with Crippen molar-refractivity contribution in [3.05, 3.63) is 58.7 Å². The SMILES string of the molecule is COc1cc(C=O)cc2c1OC1C2C(C(=O)NCCO)=CC(N(Cc2ccc3c(c2)OCO3)C(=O)CC2CCCC2)C1O. The summed E-state index contributed by atoms with van der Waals surface area (Å²) in [4.78, 5) is 40.9. The number of nitrogens with zero attached hydrogens (tertiary/aromatic N) is 1. The smallest absolute Gasteiger partial charge is 0.247 e. The second kappa shape index (κ2) is 12.3. The van der Waals surface area contributed by atoms with Crippen LogP contribution < -0.4 is 24.3 Å². The highest BCUT2D eigenvalue weighted by Crippen LogP contribution is 2.51. The third kappa shape index (κ3) is 5.54. The molecule has 1 saturated carbocycles. The topological polar surface area (TPSA) is 144 Å². The molecule has 3 N–H and O–H groups in total. The summed E-state index contributed by atoms with van der Waals surface area (Å²) >= 11 is 0. The number of rotatable bonds is 10. The van der Waals surface area contributed by atoms with Crippen LogP contribution in [-0.2, 0) is 16.1 Å². The standard InChI is InChI=1S/C32H36N2O9/c1-40-26-12-20(16-36)10-21-28-22(32(39)33-8-9-35)14-23(29(38)31(28)43-30(21)26)34(27(37)13-18-4-2-3-5-18)15-19-6-7-24-25(11-19)42-17-41-24/h6-7,10-12,14,16,18,23,28-29,31,35,38H,2-5,8-9,13,15,17H2,1H3,(H,33,39). The minimum atomic E-state index is -1.21. The van der Waals surface area contributed by atoms with Gasteiger partial charge in [0, 0.05) is 36.2 Å². The third-order valence-electron chi connectivity index (χ3n) is 8.82. The summed E-state index contributed by atoms with van der Waals surface area (Å²) in [5.74, 6) is 0.786. The summed E-state index contributed by atoms with van der Waals surface area (Å²) in [6, 6.07) is 7.74. The Balaban J connectivity index is 1.41. The van der Waals surface area contributed by atoms with E-state index in [9.17, 15) is 24.6 Å². The molecule has 0 bridgehead atoms. The van der Waals surface area contributed by atoms with Crippen molar-refractivity contribution in [3.63, 3.8) is 0 Å². The normalized spacial score (nSPS) is 23.6. The Bertz CT molecular complexity index is 1430. The number of benzene rings is 2. The van der Waals surface area contributed by atoms with Gasteiger partial charge in [-0.2, -0.15) is 0 Å². The van der Waals surface area contributed by atoms with E-state index in [0.717, 1.165) is 31.2 Å². The lowest BCUT2D eigenvalue weighted by molar-refractivity contribution is -0.139. The van der Waals surface area contributed by atoms with Gasteiger partial charge in [0.1, 0.15) is 18.5 Å². The van der Waals surface area contributed by atoms with E-state index in [1.54, 1.807) is 29.2 Å². The average Bonchev–Trinajstić information content (AvgIpc) is 3.79. The van der Waals surface area contributed by atoms with Gasteiger partial charge in [-0.25, -0.2) is 0 Å². The summed E-state index contributed by atoms with van der Waals surface area (Å²) < 4.78 is 22.8. The first-order valence-corrected chi connectivity index (χ1v) is 14.7. The number of ether oxygens (including phenoxy) is 4. The number of carbonyl (C=O) groups is 3. The van der Waals surface area contributed by atoms with Crippen LogP contribution >= 0.6 is 0 Å². The molecule has 0 radical (unpaired) electrons. The van der Waals surface area contributed by atoms with Gasteiger partial charge in [-0.3, -0.25) is 14.4 Å². The Hall–Kier alpha value is -4.09. The molecule has 4 aliphatic rings. The fraction of sp³-hybridized carbons (Fsp3) is 0.469. The van der Waals surface area contributed by atoms with E-state index < -0.39 is 30.1 Å². The van der Waals surface area contributed by atoms with Gasteiger partial charge in [-0.05, 0) is 54.7 Å². The predicted octanol–water partition coefficient (Wildman–Crippen LogP) is 2.47. The molecule has 2 heterocycles. The van der Waals surface area contributed by atoms with Crippen LogP contribution in [-0.4, -0.2) is 78.5 Å². The van der Waals surface area contributed by atoms with Crippen molar-refractivity contribution >= 4 is 18.1 Å². The number of aliphatic hydroxyl groups excluding tert-OH is 2. The van der Waals surface area contributed by atoms with Gasteiger partial charge in [0.05, 0.1) is 25.7 Å². The molecule has 2 aromatic carbocycles. The maximum absolute atomic E-state index is 14.0. The molecule has 2 aromatic rings.